The van der Waals surface area contributed by atoms with Crippen LogP contribution in [0.4, 0.5) is 0 Å². The fourth-order valence-corrected chi connectivity index (χ4v) is 2.65. The number of halogens is 1. The highest BCUT2D eigenvalue weighted by atomic mass is 35.5. The van der Waals surface area contributed by atoms with Crippen LogP contribution in [-0.2, 0) is 0 Å². The van der Waals surface area contributed by atoms with E-state index in [2.05, 4.69) is 30.4 Å². The summed E-state index contributed by atoms with van der Waals surface area (Å²) < 4.78 is 5.18. The van der Waals surface area contributed by atoms with E-state index in [0.717, 1.165) is 23.9 Å². The summed E-state index contributed by atoms with van der Waals surface area (Å²) >= 11 is 6.35. The summed E-state index contributed by atoms with van der Waals surface area (Å²) in [6, 6.07) is 6.31. The van der Waals surface area contributed by atoms with Gasteiger partial charge in [-0.2, -0.15) is 0 Å². The van der Waals surface area contributed by atoms with Gasteiger partial charge in [0.05, 0.1) is 7.11 Å². The molecule has 1 aromatic rings. The fraction of sp³-hybridized carbons (Fsp3) is 0.538. The lowest BCUT2D eigenvalue weighted by Gasteiger charge is -2.39. The maximum Gasteiger partial charge on any atom is 0.120 e. The van der Waals surface area contributed by atoms with Gasteiger partial charge in [-0.15, -0.1) is 0 Å². The van der Waals surface area contributed by atoms with Crippen molar-refractivity contribution < 1.29 is 4.74 Å². The first kappa shape index (κ1) is 12.7. The van der Waals surface area contributed by atoms with E-state index >= 15 is 0 Å². The standard InChI is InChI=1S/C13H19ClN2O/c1-16(2)13(9-7-15-8-9)11-5-4-10(17-3)6-12(11)14/h4-6,9,13,15H,7-8H2,1-3H3. The van der Waals surface area contributed by atoms with Crippen LogP contribution in [0.1, 0.15) is 11.6 Å². The van der Waals surface area contributed by atoms with E-state index in [4.69, 9.17) is 16.3 Å². The van der Waals surface area contributed by atoms with Gasteiger partial charge in [0.1, 0.15) is 5.75 Å². The molecule has 94 valence electrons. The Morgan fingerprint density at radius 1 is 1.41 bits per heavy atom. The highest BCUT2D eigenvalue weighted by Crippen LogP contribution is 2.35. The zero-order valence-electron chi connectivity index (χ0n) is 10.5. The molecular weight excluding hydrogens is 236 g/mol. The number of nitrogens with zero attached hydrogens (tertiary/aromatic N) is 1. The van der Waals surface area contributed by atoms with Crippen LogP contribution in [0.2, 0.25) is 5.02 Å². The molecule has 4 heteroatoms. The quantitative estimate of drug-likeness (QED) is 0.891. The summed E-state index contributed by atoms with van der Waals surface area (Å²) in [6.07, 6.45) is 0. The molecule has 1 N–H and O–H groups in total. The number of rotatable bonds is 4. The third-order valence-corrected chi connectivity index (χ3v) is 3.67. The monoisotopic (exact) mass is 254 g/mol. The summed E-state index contributed by atoms with van der Waals surface area (Å²) in [5.74, 6) is 1.44. The second-order valence-electron chi connectivity index (χ2n) is 4.71. The van der Waals surface area contributed by atoms with E-state index in [-0.39, 0.29) is 0 Å². The zero-order valence-corrected chi connectivity index (χ0v) is 11.3. The Morgan fingerprint density at radius 2 is 2.12 bits per heavy atom. The maximum absolute atomic E-state index is 6.35. The van der Waals surface area contributed by atoms with E-state index in [0.29, 0.717) is 12.0 Å². The van der Waals surface area contributed by atoms with E-state index in [1.165, 1.54) is 5.56 Å². The van der Waals surface area contributed by atoms with Crippen molar-refractivity contribution in [1.29, 1.82) is 0 Å². The Hall–Kier alpha value is -0.770. The molecule has 0 aliphatic carbocycles. The number of nitrogens with one attached hydrogen (secondary N) is 1. The number of ether oxygens (including phenoxy) is 1. The summed E-state index contributed by atoms with van der Waals surface area (Å²) in [4.78, 5) is 2.24. The van der Waals surface area contributed by atoms with Crippen LogP contribution in [0.15, 0.2) is 18.2 Å². The molecule has 0 amide bonds. The third-order valence-electron chi connectivity index (χ3n) is 3.34. The SMILES string of the molecule is COc1ccc(C(C2CNC2)N(C)C)c(Cl)c1. The first-order chi connectivity index (χ1) is 8.13. The minimum atomic E-state index is 0.370. The largest absolute Gasteiger partial charge is 0.497 e. The molecule has 1 aliphatic rings. The molecule has 0 aromatic heterocycles. The summed E-state index contributed by atoms with van der Waals surface area (Å²) in [7, 11) is 5.86. The van der Waals surface area contributed by atoms with Gasteiger partial charge in [0.2, 0.25) is 0 Å². The van der Waals surface area contributed by atoms with E-state index in [1.54, 1.807) is 7.11 Å². The van der Waals surface area contributed by atoms with Crippen molar-refractivity contribution in [2.45, 2.75) is 6.04 Å². The van der Waals surface area contributed by atoms with Gasteiger partial charge in [-0.1, -0.05) is 17.7 Å². The highest BCUT2D eigenvalue weighted by Gasteiger charge is 2.31. The molecule has 0 spiro atoms. The smallest absolute Gasteiger partial charge is 0.120 e. The molecule has 1 aromatic carbocycles. The van der Waals surface area contributed by atoms with Gasteiger partial charge in [0.25, 0.3) is 0 Å². The molecule has 1 unspecified atom stereocenters. The van der Waals surface area contributed by atoms with Crippen molar-refractivity contribution in [3.05, 3.63) is 28.8 Å². The molecule has 0 bridgehead atoms. The molecule has 0 saturated carbocycles. The van der Waals surface area contributed by atoms with Gasteiger partial charge >= 0.3 is 0 Å². The molecule has 17 heavy (non-hydrogen) atoms. The van der Waals surface area contributed by atoms with Crippen LogP contribution in [0.25, 0.3) is 0 Å². The lowest BCUT2D eigenvalue weighted by atomic mass is 9.87. The molecule has 1 saturated heterocycles. The minimum absolute atomic E-state index is 0.370. The molecule has 3 nitrogen and oxygen atoms in total. The van der Waals surface area contributed by atoms with Crippen molar-refractivity contribution in [1.82, 2.24) is 10.2 Å². The van der Waals surface area contributed by atoms with Crippen LogP contribution in [-0.4, -0.2) is 39.2 Å². The third kappa shape index (κ3) is 2.57. The first-order valence-electron chi connectivity index (χ1n) is 5.84. The van der Waals surface area contributed by atoms with Gasteiger partial charge in [-0.3, -0.25) is 0 Å². The predicted molar refractivity (Wildman–Crippen MR) is 70.8 cm³/mol. The Kier molecular flexibility index (Phi) is 3.92. The Balaban J connectivity index is 2.29. The molecule has 2 rings (SSSR count). The topological polar surface area (TPSA) is 24.5 Å². The van der Waals surface area contributed by atoms with E-state index in [1.807, 2.05) is 12.1 Å². The Morgan fingerprint density at radius 3 is 2.53 bits per heavy atom. The van der Waals surface area contributed by atoms with Crippen LogP contribution in [0, 0.1) is 5.92 Å². The van der Waals surface area contributed by atoms with Crippen molar-refractivity contribution in [3.8, 4) is 5.75 Å². The van der Waals surface area contributed by atoms with Gasteiger partial charge in [0, 0.05) is 30.1 Å². The van der Waals surface area contributed by atoms with Crippen LogP contribution in [0.3, 0.4) is 0 Å². The normalized spacial score (nSPS) is 17.9. The zero-order chi connectivity index (χ0) is 12.4. The van der Waals surface area contributed by atoms with E-state index in [9.17, 15) is 0 Å². The van der Waals surface area contributed by atoms with Crippen LogP contribution < -0.4 is 10.1 Å². The van der Waals surface area contributed by atoms with Gasteiger partial charge in [-0.05, 0) is 31.8 Å². The predicted octanol–water partition coefficient (Wildman–Crippen LogP) is 2.17. The minimum Gasteiger partial charge on any atom is -0.497 e. The number of hydrogen-bond acceptors (Lipinski definition) is 3. The average molecular weight is 255 g/mol. The van der Waals surface area contributed by atoms with Crippen molar-refractivity contribution >= 4 is 11.6 Å². The average Bonchev–Trinajstić information content (AvgIpc) is 2.23. The van der Waals surface area contributed by atoms with Crippen molar-refractivity contribution in [2.75, 3.05) is 34.3 Å². The number of hydrogen-bond donors (Lipinski definition) is 1. The van der Waals surface area contributed by atoms with Gasteiger partial charge < -0.3 is 15.0 Å². The van der Waals surface area contributed by atoms with Crippen LogP contribution in [0.5, 0.6) is 5.75 Å². The molecule has 1 heterocycles. The molecule has 1 aliphatic heterocycles. The van der Waals surface area contributed by atoms with Crippen LogP contribution >= 0.6 is 11.6 Å². The summed E-state index contributed by atoms with van der Waals surface area (Å²) in [5, 5.41) is 4.10. The lowest BCUT2D eigenvalue weighted by Crippen LogP contribution is -2.48. The Labute approximate surface area is 108 Å². The first-order valence-corrected chi connectivity index (χ1v) is 6.22. The molecule has 1 fully saturated rings. The fourth-order valence-electron chi connectivity index (χ4n) is 2.36. The number of benzene rings is 1. The summed E-state index contributed by atoms with van der Waals surface area (Å²) in [6.45, 7) is 2.12. The van der Waals surface area contributed by atoms with Gasteiger partial charge in [-0.25, -0.2) is 0 Å². The second-order valence-corrected chi connectivity index (χ2v) is 5.12. The summed E-state index contributed by atoms with van der Waals surface area (Å²) in [5.41, 5.74) is 1.18. The van der Waals surface area contributed by atoms with Crippen molar-refractivity contribution in [3.63, 3.8) is 0 Å². The molecule has 1 atom stereocenters. The molecular formula is C13H19ClN2O. The maximum atomic E-state index is 6.35. The number of methoxy groups -OCH3 is 1. The van der Waals surface area contributed by atoms with E-state index < -0.39 is 0 Å². The lowest BCUT2D eigenvalue weighted by molar-refractivity contribution is 0.161. The second kappa shape index (κ2) is 5.25. The molecule has 0 radical (unpaired) electrons. The highest BCUT2D eigenvalue weighted by molar-refractivity contribution is 6.31. The van der Waals surface area contributed by atoms with Crippen molar-refractivity contribution in [2.24, 2.45) is 5.92 Å². The van der Waals surface area contributed by atoms with Gasteiger partial charge in [0.15, 0.2) is 0 Å². The Bertz CT molecular complexity index is 391.